The second kappa shape index (κ2) is 5.92. The third-order valence-corrected chi connectivity index (χ3v) is 1.41. The van der Waals surface area contributed by atoms with Crippen LogP contribution in [0.5, 0.6) is 0 Å². The van der Waals surface area contributed by atoms with Gasteiger partial charge in [-0.05, 0) is 0 Å². The van der Waals surface area contributed by atoms with Crippen molar-refractivity contribution in [3.8, 4) is 0 Å². The highest BCUT2D eigenvalue weighted by atomic mass is 16.6. The molecule has 0 aliphatic heterocycles. The van der Waals surface area contributed by atoms with Crippen LogP contribution in [0, 0.1) is 0 Å². The Labute approximate surface area is 80.7 Å². The molecule has 0 saturated carbocycles. The lowest BCUT2D eigenvalue weighted by atomic mass is 10.6. The highest BCUT2D eigenvalue weighted by Crippen LogP contribution is 1.80. The lowest BCUT2D eigenvalue weighted by Gasteiger charge is -2.04. The number of alkyl carbamates (subject to hydrolysis) is 1. The SMILES string of the molecule is O=C(NCCn1ccnn1)OCCO. The number of nitrogens with zero attached hydrogens (tertiary/aromatic N) is 3. The molecule has 1 aromatic rings. The number of hydrogen-bond donors (Lipinski definition) is 2. The fraction of sp³-hybridized carbons (Fsp3) is 0.571. The monoisotopic (exact) mass is 200 g/mol. The van der Waals surface area contributed by atoms with E-state index in [1.165, 1.54) is 0 Å². The smallest absolute Gasteiger partial charge is 0.407 e. The fourth-order valence-electron chi connectivity index (χ4n) is 0.814. The Hall–Kier alpha value is -1.63. The number of aromatic nitrogens is 3. The van der Waals surface area contributed by atoms with Gasteiger partial charge >= 0.3 is 6.09 Å². The molecule has 1 rings (SSSR count). The molecule has 1 heterocycles. The Balaban J connectivity index is 2.06. The van der Waals surface area contributed by atoms with Gasteiger partial charge in [0.15, 0.2) is 0 Å². The quantitative estimate of drug-likeness (QED) is 0.636. The van der Waals surface area contributed by atoms with Crippen molar-refractivity contribution in [1.29, 1.82) is 0 Å². The molecule has 0 radical (unpaired) electrons. The van der Waals surface area contributed by atoms with E-state index in [1.54, 1.807) is 17.1 Å². The zero-order valence-corrected chi connectivity index (χ0v) is 7.59. The van der Waals surface area contributed by atoms with E-state index < -0.39 is 6.09 Å². The second-order valence-corrected chi connectivity index (χ2v) is 2.45. The fourth-order valence-corrected chi connectivity index (χ4v) is 0.814. The van der Waals surface area contributed by atoms with Gasteiger partial charge in [0.25, 0.3) is 0 Å². The molecule has 7 heteroatoms. The van der Waals surface area contributed by atoms with E-state index in [1.807, 2.05) is 0 Å². The molecule has 0 saturated heterocycles. The number of hydrogen-bond acceptors (Lipinski definition) is 5. The number of rotatable bonds is 5. The lowest BCUT2D eigenvalue weighted by Crippen LogP contribution is -2.28. The molecular formula is C7H12N4O3. The summed E-state index contributed by atoms with van der Waals surface area (Å²) in [6.45, 7) is 0.785. The molecule has 0 aliphatic rings. The van der Waals surface area contributed by atoms with Gasteiger partial charge in [0, 0.05) is 12.7 Å². The predicted molar refractivity (Wildman–Crippen MR) is 46.5 cm³/mol. The van der Waals surface area contributed by atoms with Crippen molar-refractivity contribution < 1.29 is 14.6 Å². The van der Waals surface area contributed by atoms with Gasteiger partial charge in [0.05, 0.1) is 19.3 Å². The summed E-state index contributed by atoms with van der Waals surface area (Å²) in [5.41, 5.74) is 0. The van der Waals surface area contributed by atoms with Crippen molar-refractivity contribution in [2.45, 2.75) is 6.54 Å². The minimum absolute atomic E-state index is 0.00909. The Morgan fingerprint density at radius 1 is 1.64 bits per heavy atom. The first-order valence-corrected chi connectivity index (χ1v) is 4.18. The van der Waals surface area contributed by atoms with Crippen LogP contribution in [-0.2, 0) is 11.3 Å². The molecule has 14 heavy (non-hydrogen) atoms. The normalized spacial score (nSPS) is 9.79. The van der Waals surface area contributed by atoms with Gasteiger partial charge in [0.1, 0.15) is 6.61 Å². The van der Waals surface area contributed by atoms with Gasteiger partial charge in [0.2, 0.25) is 0 Å². The summed E-state index contributed by atoms with van der Waals surface area (Å²) in [5.74, 6) is 0. The van der Waals surface area contributed by atoms with E-state index in [-0.39, 0.29) is 13.2 Å². The maximum atomic E-state index is 10.8. The minimum atomic E-state index is -0.542. The molecule has 78 valence electrons. The molecule has 0 atom stereocenters. The number of ether oxygens (including phenoxy) is 1. The van der Waals surface area contributed by atoms with Crippen LogP contribution in [0.4, 0.5) is 4.79 Å². The molecule has 7 nitrogen and oxygen atoms in total. The lowest BCUT2D eigenvalue weighted by molar-refractivity contribution is 0.119. The third kappa shape index (κ3) is 3.85. The first-order valence-electron chi connectivity index (χ1n) is 4.18. The molecule has 0 bridgehead atoms. The number of nitrogens with one attached hydrogen (secondary N) is 1. The summed E-state index contributed by atoms with van der Waals surface area (Å²) in [7, 11) is 0. The van der Waals surface area contributed by atoms with Gasteiger partial charge in [-0.2, -0.15) is 0 Å². The van der Waals surface area contributed by atoms with Gasteiger partial charge in [-0.25, -0.2) is 4.79 Å². The average Bonchev–Trinajstić information content (AvgIpc) is 2.67. The molecular weight excluding hydrogens is 188 g/mol. The number of aliphatic hydroxyl groups is 1. The van der Waals surface area contributed by atoms with Gasteiger partial charge < -0.3 is 15.2 Å². The molecule has 1 amide bonds. The Bertz CT molecular complexity index is 262. The molecule has 2 N–H and O–H groups in total. The molecule has 0 spiro atoms. The molecule has 0 unspecified atom stereocenters. The molecule has 1 aromatic heterocycles. The van der Waals surface area contributed by atoms with Crippen molar-refractivity contribution >= 4 is 6.09 Å². The van der Waals surface area contributed by atoms with Crippen LogP contribution >= 0.6 is 0 Å². The van der Waals surface area contributed by atoms with E-state index in [4.69, 9.17) is 5.11 Å². The zero-order valence-electron chi connectivity index (χ0n) is 7.59. The highest BCUT2D eigenvalue weighted by molar-refractivity contribution is 5.66. The molecule has 0 aromatic carbocycles. The molecule has 0 fully saturated rings. The number of amides is 1. The number of carbonyl (C=O) groups is 1. The van der Waals surface area contributed by atoms with E-state index in [0.29, 0.717) is 13.1 Å². The maximum Gasteiger partial charge on any atom is 0.407 e. The first-order chi connectivity index (χ1) is 6.83. The highest BCUT2D eigenvalue weighted by Gasteiger charge is 1.99. The third-order valence-electron chi connectivity index (χ3n) is 1.41. The Morgan fingerprint density at radius 3 is 3.14 bits per heavy atom. The summed E-state index contributed by atoms with van der Waals surface area (Å²) >= 11 is 0. The molecule has 0 aliphatic carbocycles. The summed E-state index contributed by atoms with van der Waals surface area (Å²) in [4.78, 5) is 10.8. The van der Waals surface area contributed by atoms with E-state index in [9.17, 15) is 4.79 Å². The van der Waals surface area contributed by atoms with Crippen LogP contribution in [0.3, 0.4) is 0 Å². The second-order valence-electron chi connectivity index (χ2n) is 2.45. The van der Waals surface area contributed by atoms with Crippen LogP contribution in [0.2, 0.25) is 0 Å². The minimum Gasteiger partial charge on any atom is -0.447 e. The standard InChI is InChI=1S/C7H12N4O3/c12-5-6-14-7(13)8-1-3-11-4-2-9-10-11/h2,4,12H,1,3,5-6H2,(H,8,13). The van der Waals surface area contributed by atoms with Crippen molar-refractivity contribution in [3.63, 3.8) is 0 Å². The summed E-state index contributed by atoms with van der Waals surface area (Å²) < 4.78 is 6.15. The predicted octanol–water partition coefficient (Wildman–Crippen LogP) is -1.00. The Morgan fingerprint density at radius 2 is 2.50 bits per heavy atom. The van der Waals surface area contributed by atoms with E-state index in [2.05, 4.69) is 20.4 Å². The van der Waals surface area contributed by atoms with Crippen LogP contribution in [0.1, 0.15) is 0 Å². The first kappa shape index (κ1) is 10.5. The van der Waals surface area contributed by atoms with E-state index in [0.717, 1.165) is 0 Å². The zero-order chi connectivity index (χ0) is 10.2. The topological polar surface area (TPSA) is 89.3 Å². The van der Waals surface area contributed by atoms with Crippen LogP contribution in [0.25, 0.3) is 0 Å². The van der Waals surface area contributed by atoms with E-state index >= 15 is 0 Å². The van der Waals surface area contributed by atoms with Gasteiger partial charge in [-0.1, -0.05) is 5.21 Å². The van der Waals surface area contributed by atoms with Gasteiger partial charge in [-0.3, -0.25) is 4.68 Å². The Kier molecular flexibility index (Phi) is 4.42. The van der Waals surface area contributed by atoms with Crippen molar-refractivity contribution in [3.05, 3.63) is 12.4 Å². The summed E-state index contributed by atoms with van der Waals surface area (Å²) in [5, 5.41) is 18.2. The van der Waals surface area contributed by atoms with Crippen LogP contribution in [0.15, 0.2) is 12.4 Å². The summed E-state index contributed by atoms with van der Waals surface area (Å²) in [6.07, 6.45) is 2.71. The largest absolute Gasteiger partial charge is 0.447 e. The van der Waals surface area contributed by atoms with Crippen LogP contribution < -0.4 is 5.32 Å². The van der Waals surface area contributed by atoms with Crippen molar-refractivity contribution in [1.82, 2.24) is 20.3 Å². The van der Waals surface area contributed by atoms with Crippen molar-refractivity contribution in [2.24, 2.45) is 0 Å². The van der Waals surface area contributed by atoms with Crippen molar-refractivity contribution in [2.75, 3.05) is 19.8 Å². The summed E-state index contributed by atoms with van der Waals surface area (Å²) in [6, 6.07) is 0. The average molecular weight is 200 g/mol. The number of aliphatic hydroxyl groups excluding tert-OH is 1. The van der Waals surface area contributed by atoms with Gasteiger partial charge in [-0.15, -0.1) is 5.10 Å². The number of carbonyl (C=O) groups excluding carboxylic acids is 1. The maximum absolute atomic E-state index is 10.8. The van der Waals surface area contributed by atoms with Crippen LogP contribution in [-0.4, -0.2) is 46.0 Å².